The third-order valence-corrected chi connectivity index (χ3v) is 6.17. The van der Waals surface area contributed by atoms with Gasteiger partial charge in [0.15, 0.2) is 0 Å². The third-order valence-electron chi connectivity index (χ3n) is 4.98. The molecule has 2 aromatic heterocycles. The number of fused-ring (bicyclic) bond motifs is 3. The average Bonchev–Trinajstić information content (AvgIpc) is 3.07. The van der Waals surface area contributed by atoms with Crippen LogP contribution < -0.4 is 10.9 Å². The third kappa shape index (κ3) is 3.82. The summed E-state index contributed by atoms with van der Waals surface area (Å²) in [6.45, 7) is 0. The molecule has 0 fully saturated rings. The molecule has 2 N–H and O–H groups in total. The van der Waals surface area contributed by atoms with Crippen LogP contribution in [0.5, 0.6) is 0 Å². The van der Waals surface area contributed by atoms with Crippen molar-refractivity contribution in [2.75, 3.05) is 5.32 Å². The van der Waals surface area contributed by atoms with Gasteiger partial charge in [-0.2, -0.15) is 5.26 Å². The number of amides is 1. The van der Waals surface area contributed by atoms with Gasteiger partial charge >= 0.3 is 0 Å². The number of aromatic nitrogens is 2. The molecule has 6 nitrogen and oxygen atoms in total. The van der Waals surface area contributed by atoms with Crippen molar-refractivity contribution in [1.82, 2.24) is 9.97 Å². The maximum absolute atomic E-state index is 12.5. The second kappa shape index (κ2) is 7.95. The van der Waals surface area contributed by atoms with Gasteiger partial charge in [0.05, 0.1) is 17.9 Å². The number of anilines is 1. The molecule has 1 aliphatic carbocycles. The van der Waals surface area contributed by atoms with Crippen molar-refractivity contribution in [2.45, 2.75) is 44.9 Å². The van der Waals surface area contributed by atoms with Crippen LogP contribution in [0, 0.1) is 11.3 Å². The first-order valence-corrected chi connectivity index (χ1v) is 10.2. The number of H-pyrrole nitrogens is 1. The van der Waals surface area contributed by atoms with E-state index in [1.165, 1.54) is 16.9 Å². The molecule has 0 bridgehead atoms. The van der Waals surface area contributed by atoms with Crippen LogP contribution >= 0.6 is 11.3 Å². The summed E-state index contributed by atoms with van der Waals surface area (Å²) in [4.78, 5) is 34.3. The highest BCUT2D eigenvalue weighted by Gasteiger charge is 2.19. The molecular weight excluding hydrogens is 372 g/mol. The van der Waals surface area contributed by atoms with Gasteiger partial charge in [-0.05, 0) is 48.9 Å². The fourth-order valence-corrected chi connectivity index (χ4v) is 4.86. The molecule has 2 heterocycles. The smallest absolute Gasteiger partial charge is 0.259 e. The van der Waals surface area contributed by atoms with Crippen molar-refractivity contribution in [1.29, 1.82) is 5.26 Å². The van der Waals surface area contributed by atoms with Crippen LogP contribution in [0.25, 0.3) is 10.2 Å². The Balaban J connectivity index is 1.43. The summed E-state index contributed by atoms with van der Waals surface area (Å²) in [6.07, 6.45) is 5.24. The van der Waals surface area contributed by atoms with Crippen molar-refractivity contribution < 1.29 is 4.79 Å². The first-order chi connectivity index (χ1) is 13.6. The Bertz CT molecular complexity index is 1120. The van der Waals surface area contributed by atoms with Gasteiger partial charge in [0.25, 0.3) is 5.56 Å². The molecule has 1 aromatic carbocycles. The van der Waals surface area contributed by atoms with E-state index in [1.807, 2.05) is 12.1 Å². The van der Waals surface area contributed by atoms with Crippen molar-refractivity contribution >= 4 is 33.1 Å². The van der Waals surface area contributed by atoms with Crippen LogP contribution in [0.4, 0.5) is 5.69 Å². The fraction of sp³-hybridized carbons (Fsp3) is 0.333. The molecule has 1 aliphatic rings. The van der Waals surface area contributed by atoms with Gasteiger partial charge in [-0.15, -0.1) is 11.3 Å². The van der Waals surface area contributed by atoms with Gasteiger partial charge in [0, 0.05) is 23.4 Å². The average molecular weight is 392 g/mol. The van der Waals surface area contributed by atoms with Crippen molar-refractivity contribution in [2.24, 2.45) is 0 Å². The number of nitrogens with zero attached hydrogens (tertiary/aromatic N) is 2. The normalized spacial score (nSPS) is 13.1. The number of aromatic amines is 1. The molecule has 0 saturated carbocycles. The minimum Gasteiger partial charge on any atom is -0.326 e. The van der Waals surface area contributed by atoms with Crippen LogP contribution in [-0.4, -0.2) is 15.9 Å². The number of nitrogens with one attached hydrogen (secondary N) is 2. The second-order valence-corrected chi connectivity index (χ2v) is 8.07. The van der Waals surface area contributed by atoms with E-state index in [0.29, 0.717) is 24.4 Å². The van der Waals surface area contributed by atoms with Crippen molar-refractivity contribution in [3.05, 3.63) is 56.4 Å². The predicted octanol–water partition coefficient (Wildman–Crippen LogP) is 3.50. The van der Waals surface area contributed by atoms with E-state index < -0.39 is 0 Å². The van der Waals surface area contributed by atoms with Crippen molar-refractivity contribution in [3.63, 3.8) is 0 Å². The molecule has 0 saturated heterocycles. The molecule has 0 aliphatic heterocycles. The molecule has 0 spiro atoms. The number of thiophene rings is 1. The second-order valence-electron chi connectivity index (χ2n) is 6.98. The van der Waals surface area contributed by atoms with Gasteiger partial charge in [-0.1, -0.05) is 12.1 Å². The summed E-state index contributed by atoms with van der Waals surface area (Å²) >= 11 is 1.62. The van der Waals surface area contributed by atoms with E-state index in [4.69, 9.17) is 5.26 Å². The highest BCUT2D eigenvalue weighted by molar-refractivity contribution is 7.18. The minimum absolute atomic E-state index is 0.0899. The molecule has 0 unspecified atom stereocenters. The van der Waals surface area contributed by atoms with Crippen LogP contribution in [0.1, 0.15) is 41.1 Å². The topological polar surface area (TPSA) is 98.6 Å². The Morgan fingerprint density at radius 3 is 2.82 bits per heavy atom. The molecule has 4 rings (SSSR count). The lowest BCUT2D eigenvalue weighted by molar-refractivity contribution is -0.116. The van der Waals surface area contributed by atoms with E-state index >= 15 is 0 Å². The summed E-state index contributed by atoms with van der Waals surface area (Å²) in [6, 6.07) is 9.31. The number of hydrogen-bond acceptors (Lipinski definition) is 5. The number of hydrogen-bond donors (Lipinski definition) is 2. The fourth-order valence-electron chi connectivity index (χ4n) is 3.58. The quantitative estimate of drug-likeness (QED) is 0.694. The van der Waals surface area contributed by atoms with E-state index in [2.05, 4.69) is 21.4 Å². The van der Waals surface area contributed by atoms with E-state index in [9.17, 15) is 9.59 Å². The van der Waals surface area contributed by atoms with Gasteiger partial charge < -0.3 is 10.3 Å². The van der Waals surface area contributed by atoms with E-state index in [1.54, 1.807) is 23.5 Å². The number of carbonyl (C=O) groups is 1. The largest absolute Gasteiger partial charge is 0.326 e. The Morgan fingerprint density at radius 1 is 1.25 bits per heavy atom. The Labute approximate surface area is 166 Å². The number of carbonyl (C=O) groups excluding carboxylic acids is 1. The van der Waals surface area contributed by atoms with E-state index in [0.717, 1.165) is 35.0 Å². The summed E-state index contributed by atoms with van der Waals surface area (Å²) in [5, 5.41) is 12.3. The molecule has 7 heteroatoms. The molecule has 1 amide bonds. The summed E-state index contributed by atoms with van der Waals surface area (Å²) in [5.41, 5.74) is 2.68. The lowest BCUT2D eigenvalue weighted by Gasteiger charge is -2.09. The Morgan fingerprint density at radius 2 is 2.04 bits per heavy atom. The molecule has 142 valence electrons. The number of aryl methyl sites for hydroxylation is 3. The standard InChI is InChI=1S/C21H20N4O2S/c22-12-11-13-5-7-14(8-6-13)23-18(26)10-9-17-24-20(27)19-15-3-1-2-4-16(15)28-21(19)25-17/h5-8H,1-4,9-11H2,(H,23,26)(H,24,25,27). The maximum atomic E-state index is 12.5. The lowest BCUT2D eigenvalue weighted by Crippen LogP contribution is -2.16. The number of benzene rings is 1. The summed E-state index contributed by atoms with van der Waals surface area (Å²) < 4.78 is 0. The number of nitriles is 1. The Kier molecular flexibility index (Phi) is 5.22. The van der Waals surface area contributed by atoms with Crippen LogP contribution in [-0.2, 0) is 30.5 Å². The summed E-state index contributed by atoms with van der Waals surface area (Å²) in [7, 11) is 0. The van der Waals surface area contributed by atoms with Crippen LogP contribution in [0.3, 0.4) is 0 Å². The maximum Gasteiger partial charge on any atom is 0.259 e. The lowest BCUT2D eigenvalue weighted by atomic mass is 9.97. The summed E-state index contributed by atoms with van der Waals surface area (Å²) in [5.74, 6) is 0.414. The van der Waals surface area contributed by atoms with Gasteiger partial charge in [-0.3, -0.25) is 9.59 Å². The van der Waals surface area contributed by atoms with Crippen LogP contribution in [0.15, 0.2) is 29.1 Å². The zero-order chi connectivity index (χ0) is 19.5. The molecule has 3 aromatic rings. The van der Waals surface area contributed by atoms with Crippen molar-refractivity contribution in [3.8, 4) is 6.07 Å². The molecule has 28 heavy (non-hydrogen) atoms. The first-order valence-electron chi connectivity index (χ1n) is 9.43. The number of rotatable bonds is 5. The van der Waals surface area contributed by atoms with E-state index in [-0.39, 0.29) is 17.9 Å². The minimum atomic E-state index is -0.138. The monoisotopic (exact) mass is 392 g/mol. The van der Waals surface area contributed by atoms with Gasteiger partial charge in [-0.25, -0.2) is 4.98 Å². The zero-order valence-electron chi connectivity index (χ0n) is 15.4. The van der Waals surface area contributed by atoms with Gasteiger partial charge in [0.1, 0.15) is 10.7 Å². The molecular formula is C21H20N4O2S. The molecule has 0 radical (unpaired) electrons. The molecule has 0 atom stereocenters. The Hall–Kier alpha value is -2.98. The highest BCUT2D eigenvalue weighted by Crippen LogP contribution is 2.33. The van der Waals surface area contributed by atoms with Gasteiger partial charge in [0.2, 0.25) is 5.91 Å². The predicted molar refractivity (Wildman–Crippen MR) is 110 cm³/mol. The first kappa shape index (κ1) is 18.4. The van der Waals surface area contributed by atoms with Crippen LogP contribution in [0.2, 0.25) is 0 Å². The highest BCUT2D eigenvalue weighted by atomic mass is 32.1. The SMILES string of the molecule is N#CCc1ccc(NC(=O)CCc2nc3sc4c(c3c(=O)[nH]2)CCCC4)cc1. The zero-order valence-corrected chi connectivity index (χ0v) is 16.2.